The SMILES string of the molecule is C=C(C)C(=O)OCCOC(=O)C(C)OC(=O)CC(=C)C(=O)O. The van der Waals surface area contributed by atoms with Crippen molar-refractivity contribution in [3.63, 3.8) is 0 Å². The first-order valence-corrected chi connectivity index (χ1v) is 6.25. The summed E-state index contributed by atoms with van der Waals surface area (Å²) in [6, 6.07) is 0. The van der Waals surface area contributed by atoms with Gasteiger partial charge < -0.3 is 19.3 Å². The minimum atomic E-state index is -1.33. The Balaban J connectivity index is 4.04. The van der Waals surface area contributed by atoms with Gasteiger partial charge in [-0.2, -0.15) is 0 Å². The summed E-state index contributed by atoms with van der Waals surface area (Å²) < 4.78 is 14.1. The predicted octanol–water partition coefficient (Wildman–Crippen LogP) is 0.611. The molecule has 1 unspecified atom stereocenters. The van der Waals surface area contributed by atoms with Crippen LogP contribution in [0.25, 0.3) is 0 Å². The van der Waals surface area contributed by atoms with Gasteiger partial charge in [-0.1, -0.05) is 13.2 Å². The van der Waals surface area contributed by atoms with Crippen molar-refractivity contribution in [2.75, 3.05) is 13.2 Å². The fourth-order valence-corrected chi connectivity index (χ4v) is 1.05. The molecule has 0 aliphatic heterocycles. The Kier molecular flexibility index (Phi) is 8.21. The first-order valence-electron chi connectivity index (χ1n) is 6.25. The molecular weight excluding hydrogens is 296 g/mol. The molecule has 0 aromatic heterocycles. The largest absolute Gasteiger partial charge is 0.478 e. The van der Waals surface area contributed by atoms with E-state index in [0.29, 0.717) is 0 Å². The molecule has 122 valence electrons. The Morgan fingerprint density at radius 3 is 2.14 bits per heavy atom. The number of carboxylic acids is 1. The molecule has 0 bridgehead atoms. The Morgan fingerprint density at radius 1 is 1.09 bits per heavy atom. The fourth-order valence-electron chi connectivity index (χ4n) is 1.05. The summed E-state index contributed by atoms with van der Waals surface area (Å²) in [4.78, 5) is 44.3. The van der Waals surface area contributed by atoms with Gasteiger partial charge in [-0.05, 0) is 13.8 Å². The van der Waals surface area contributed by atoms with Gasteiger partial charge in [-0.3, -0.25) is 4.79 Å². The summed E-state index contributed by atoms with van der Waals surface area (Å²) in [7, 11) is 0. The molecule has 0 saturated heterocycles. The summed E-state index contributed by atoms with van der Waals surface area (Å²) in [6.45, 7) is 8.92. The first-order chi connectivity index (χ1) is 10.1. The minimum Gasteiger partial charge on any atom is -0.478 e. The van der Waals surface area contributed by atoms with Crippen LogP contribution in [0.5, 0.6) is 0 Å². The van der Waals surface area contributed by atoms with Crippen LogP contribution in [0, 0.1) is 0 Å². The van der Waals surface area contributed by atoms with E-state index >= 15 is 0 Å². The van der Waals surface area contributed by atoms with Gasteiger partial charge in [0.15, 0.2) is 6.10 Å². The summed E-state index contributed by atoms with van der Waals surface area (Å²) in [5, 5.41) is 8.55. The van der Waals surface area contributed by atoms with Gasteiger partial charge >= 0.3 is 23.9 Å². The van der Waals surface area contributed by atoms with Crippen molar-refractivity contribution in [2.24, 2.45) is 0 Å². The molecule has 0 aliphatic rings. The molecule has 0 aromatic rings. The first kappa shape index (κ1) is 19.4. The number of esters is 3. The van der Waals surface area contributed by atoms with Crippen molar-refractivity contribution in [2.45, 2.75) is 26.4 Å². The zero-order valence-electron chi connectivity index (χ0n) is 12.4. The Labute approximate surface area is 127 Å². The van der Waals surface area contributed by atoms with Crippen LogP contribution in [0.1, 0.15) is 20.3 Å². The third-order valence-electron chi connectivity index (χ3n) is 2.21. The molecule has 1 atom stereocenters. The van der Waals surface area contributed by atoms with E-state index in [-0.39, 0.29) is 24.4 Å². The van der Waals surface area contributed by atoms with E-state index < -0.39 is 36.4 Å². The van der Waals surface area contributed by atoms with E-state index in [4.69, 9.17) is 14.6 Å². The molecular formula is C14H18O8. The van der Waals surface area contributed by atoms with Crippen LogP contribution in [0.3, 0.4) is 0 Å². The number of hydrogen-bond acceptors (Lipinski definition) is 7. The Morgan fingerprint density at radius 2 is 1.64 bits per heavy atom. The van der Waals surface area contributed by atoms with Crippen LogP contribution in [0.2, 0.25) is 0 Å². The highest BCUT2D eigenvalue weighted by Gasteiger charge is 2.21. The number of hydrogen-bond donors (Lipinski definition) is 1. The van der Waals surface area contributed by atoms with Crippen LogP contribution < -0.4 is 0 Å². The lowest BCUT2D eigenvalue weighted by Crippen LogP contribution is -2.28. The van der Waals surface area contributed by atoms with E-state index in [1.165, 1.54) is 13.8 Å². The molecule has 8 nitrogen and oxygen atoms in total. The summed E-state index contributed by atoms with van der Waals surface area (Å²) in [5.41, 5.74) is -0.135. The molecule has 0 spiro atoms. The molecule has 0 aromatic carbocycles. The zero-order valence-corrected chi connectivity index (χ0v) is 12.4. The average Bonchev–Trinajstić information content (AvgIpc) is 2.42. The van der Waals surface area contributed by atoms with E-state index in [0.717, 1.165) is 0 Å². The summed E-state index contributed by atoms with van der Waals surface area (Å²) >= 11 is 0. The number of ether oxygens (including phenoxy) is 3. The highest BCUT2D eigenvalue weighted by atomic mass is 16.6. The van der Waals surface area contributed by atoms with Crippen LogP contribution in [-0.4, -0.2) is 48.3 Å². The highest BCUT2D eigenvalue weighted by Crippen LogP contribution is 2.04. The summed E-state index contributed by atoms with van der Waals surface area (Å²) in [5.74, 6) is -3.69. The number of carbonyl (C=O) groups excluding carboxylic acids is 3. The molecule has 0 radical (unpaired) electrons. The van der Waals surface area contributed by atoms with Crippen molar-refractivity contribution in [3.05, 3.63) is 24.3 Å². The fraction of sp³-hybridized carbons (Fsp3) is 0.429. The molecule has 0 aliphatic carbocycles. The summed E-state index contributed by atoms with van der Waals surface area (Å²) in [6.07, 6.45) is -1.76. The van der Waals surface area contributed by atoms with E-state index in [9.17, 15) is 19.2 Å². The second-order valence-corrected chi connectivity index (χ2v) is 4.30. The van der Waals surface area contributed by atoms with Gasteiger partial charge in [0.1, 0.15) is 13.2 Å². The van der Waals surface area contributed by atoms with Gasteiger partial charge in [0.2, 0.25) is 0 Å². The average molecular weight is 314 g/mol. The molecule has 8 heteroatoms. The topological polar surface area (TPSA) is 116 Å². The van der Waals surface area contributed by atoms with Crippen LogP contribution >= 0.6 is 0 Å². The van der Waals surface area contributed by atoms with Crippen LogP contribution in [0.15, 0.2) is 24.3 Å². The third-order valence-corrected chi connectivity index (χ3v) is 2.21. The van der Waals surface area contributed by atoms with Crippen molar-refractivity contribution < 1.29 is 38.5 Å². The van der Waals surface area contributed by atoms with Crippen molar-refractivity contribution in [1.29, 1.82) is 0 Å². The minimum absolute atomic E-state index is 0.159. The number of carboxylic acid groups (broad SMARTS) is 1. The third kappa shape index (κ3) is 7.83. The van der Waals surface area contributed by atoms with Crippen molar-refractivity contribution in [1.82, 2.24) is 0 Å². The molecule has 0 amide bonds. The lowest BCUT2D eigenvalue weighted by molar-refractivity contribution is -0.167. The quantitative estimate of drug-likeness (QED) is 0.285. The number of rotatable bonds is 9. The number of aliphatic carboxylic acids is 1. The molecule has 22 heavy (non-hydrogen) atoms. The number of carbonyl (C=O) groups is 4. The Bertz CT molecular complexity index is 491. The smallest absolute Gasteiger partial charge is 0.347 e. The maximum Gasteiger partial charge on any atom is 0.347 e. The maximum absolute atomic E-state index is 11.5. The molecule has 0 heterocycles. The van der Waals surface area contributed by atoms with Gasteiger partial charge in [-0.25, -0.2) is 14.4 Å². The standard InChI is InChI=1S/C14H18O8/c1-8(2)13(18)20-5-6-21-14(19)10(4)22-11(15)7-9(3)12(16)17/h10H,1,3,5-7H2,2,4H3,(H,16,17). The molecule has 0 rings (SSSR count). The lowest BCUT2D eigenvalue weighted by Gasteiger charge is -2.13. The van der Waals surface area contributed by atoms with Gasteiger partial charge in [0.05, 0.1) is 6.42 Å². The van der Waals surface area contributed by atoms with E-state index in [1.807, 2.05) is 0 Å². The Hall–Kier alpha value is -2.64. The lowest BCUT2D eigenvalue weighted by atomic mass is 10.2. The molecule has 0 saturated carbocycles. The van der Waals surface area contributed by atoms with E-state index in [1.54, 1.807) is 0 Å². The highest BCUT2D eigenvalue weighted by molar-refractivity contribution is 5.92. The van der Waals surface area contributed by atoms with Crippen LogP contribution in [-0.2, 0) is 33.4 Å². The van der Waals surface area contributed by atoms with Crippen molar-refractivity contribution >= 4 is 23.9 Å². The van der Waals surface area contributed by atoms with Gasteiger partial charge in [-0.15, -0.1) is 0 Å². The van der Waals surface area contributed by atoms with Crippen LogP contribution in [0.4, 0.5) is 0 Å². The van der Waals surface area contributed by atoms with Gasteiger partial charge in [0, 0.05) is 11.1 Å². The van der Waals surface area contributed by atoms with E-state index in [2.05, 4.69) is 17.9 Å². The predicted molar refractivity (Wildman–Crippen MR) is 73.7 cm³/mol. The zero-order chi connectivity index (χ0) is 17.3. The monoisotopic (exact) mass is 314 g/mol. The van der Waals surface area contributed by atoms with Gasteiger partial charge in [0.25, 0.3) is 0 Å². The van der Waals surface area contributed by atoms with Crippen molar-refractivity contribution in [3.8, 4) is 0 Å². The normalized spacial score (nSPS) is 11.0. The maximum atomic E-state index is 11.5. The molecule has 1 N–H and O–H groups in total. The second-order valence-electron chi connectivity index (χ2n) is 4.30. The second kappa shape index (κ2) is 9.32. The molecule has 0 fully saturated rings.